The van der Waals surface area contributed by atoms with Gasteiger partial charge in [0, 0.05) is 17.1 Å². The van der Waals surface area contributed by atoms with E-state index in [1.165, 1.54) is 24.4 Å². The maximum Gasteiger partial charge on any atom is 0.329 e. The molecule has 7 heteroatoms. The van der Waals surface area contributed by atoms with Gasteiger partial charge in [-0.1, -0.05) is 41.9 Å². The summed E-state index contributed by atoms with van der Waals surface area (Å²) in [5.74, 6) is -1.75. The SMILES string of the molecule is O=C(NCc1ccccc1)C(=O)N/N=C\c1cc(Cl)ccc1O. The van der Waals surface area contributed by atoms with Crippen LogP contribution in [-0.2, 0) is 16.1 Å². The van der Waals surface area contributed by atoms with Crippen LogP contribution in [0.15, 0.2) is 53.6 Å². The number of aromatic hydroxyl groups is 1. The molecule has 0 radical (unpaired) electrons. The highest BCUT2D eigenvalue weighted by molar-refractivity contribution is 6.35. The number of hydrogen-bond acceptors (Lipinski definition) is 4. The molecule has 2 aromatic carbocycles. The maximum absolute atomic E-state index is 11.6. The number of hydrazone groups is 1. The largest absolute Gasteiger partial charge is 0.507 e. The van der Waals surface area contributed by atoms with Gasteiger partial charge in [0.1, 0.15) is 5.75 Å². The highest BCUT2D eigenvalue weighted by Gasteiger charge is 2.11. The van der Waals surface area contributed by atoms with Gasteiger partial charge in [0.25, 0.3) is 0 Å². The zero-order chi connectivity index (χ0) is 16.7. The fourth-order valence-electron chi connectivity index (χ4n) is 1.70. The third-order valence-electron chi connectivity index (χ3n) is 2.86. The summed E-state index contributed by atoms with van der Waals surface area (Å²) in [7, 11) is 0. The van der Waals surface area contributed by atoms with Crippen molar-refractivity contribution >= 4 is 29.6 Å². The molecule has 0 saturated heterocycles. The minimum absolute atomic E-state index is 0.0408. The number of phenolic OH excluding ortho intramolecular Hbond substituents is 1. The summed E-state index contributed by atoms with van der Waals surface area (Å²) in [6.07, 6.45) is 1.20. The van der Waals surface area contributed by atoms with Crippen LogP contribution in [0.4, 0.5) is 0 Å². The summed E-state index contributed by atoms with van der Waals surface area (Å²) in [5, 5.41) is 16.1. The van der Waals surface area contributed by atoms with Crippen molar-refractivity contribution in [1.29, 1.82) is 0 Å². The van der Waals surface area contributed by atoms with Crippen molar-refractivity contribution in [2.75, 3.05) is 0 Å². The van der Waals surface area contributed by atoms with Crippen molar-refractivity contribution < 1.29 is 14.7 Å². The Morgan fingerprint density at radius 2 is 1.87 bits per heavy atom. The molecule has 118 valence electrons. The normalized spacial score (nSPS) is 10.5. The van der Waals surface area contributed by atoms with Crippen LogP contribution >= 0.6 is 11.6 Å². The third-order valence-corrected chi connectivity index (χ3v) is 3.10. The van der Waals surface area contributed by atoms with Crippen molar-refractivity contribution in [3.8, 4) is 5.75 Å². The number of benzene rings is 2. The predicted octanol–water partition coefficient (Wildman–Crippen LogP) is 1.81. The lowest BCUT2D eigenvalue weighted by atomic mass is 10.2. The van der Waals surface area contributed by atoms with Crippen LogP contribution in [0.2, 0.25) is 5.02 Å². The van der Waals surface area contributed by atoms with E-state index >= 15 is 0 Å². The lowest BCUT2D eigenvalue weighted by Crippen LogP contribution is -2.37. The van der Waals surface area contributed by atoms with E-state index in [2.05, 4.69) is 15.8 Å². The van der Waals surface area contributed by atoms with Gasteiger partial charge < -0.3 is 10.4 Å². The highest BCUT2D eigenvalue weighted by atomic mass is 35.5. The van der Waals surface area contributed by atoms with E-state index in [0.717, 1.165) is 5.56 Å². The molecule has 0 aromatic heterocycles. The van der Waals surface area contributed by atoms with Crippen LogP contribution < -0.4 is 10.7 Å². The van der Waals surface area contributed by atoms with E-state index in [9.17, 15) is 14.7 Å². The van der Waals surface area contributed by atoms with Crippen molar-refractivity contribution in [3.63, 3.8) is 0 Å². The van der Waals surface area contributed by atoms with Gasteiger partial charge in [-0.15, -0.1) is 0 Å². The van der Waals surface area contributed by atoms with Crippen molar-refractivity contribution in [1.82, 2.24) is 10.7 Å². The van der Waals surface area contributed by atoms with Gasteiger partial charge in [-0.3, -0.25) is 9.59 Å². The molecule has 2 rings (SSSR count). The number of amides is 2. The Morgan fingerprint density at radius 1 is 1.13 bits per heavy atom. The Bertz CT molecular complexity index is 733. The van der Waals surface area contributed by atoms with E-state index in [1.807, 2.05) is 30.3 Å². The first-order valence-corrected chi connectivity index (χ1v) is 7.08. The van der Waals surface area contributed by atoms with E-state index in [-0.39, 0.29) is 12.3 Å². The molecule has 0 atom stereocenters. The average molecular weight is 332 g/mol. The molecular formula is C16H14ClN3O3. The van der Waals surface area contributed by atoms with E-state index < -0.39 is 11.8 Å². The highest BCUT2D eigenvalue weighted by Crippen LogP contribution is 2.19. The molecule has 6 nitrogen and oxygen atoms in total. The second-order valence-electron chi connectivity index (χ2n) is 4.57. The lowest BCUT2D eigenvalue weighted by molar-refractivity contribution is -0.139. The Morgan fingerprint density at radius 3 is 2.61 bits per heavy atom. The molecule has 0 aliphatic heterocycles. The van der Waals surface area contributed by atoms with Gasteiger partial charge in [-0.05, 0) is 23.8 Å². The van der Waals surface area contributed by atoms with Gasteiger partial charge in [-0.2, -0.15) is 5.10 Å². The van der Waals surface area contributed by atoms with Crippen molar-refractivity contribution in [3.05, 3.63) is 64.7 Å². The van der Waals surface area contributed by atoms with Crippen LogP contribution in [-0.4, -0.2) is 23.1 Å². The number of phenols is 1. The van der Waals surface area contributed by atoms with Crippen LogP contribution in [0, 0.1) is 0 Å². The summed E-state index contributed by atoms with van der Waals surface area (Å²) in [4.78, 5) is 23.2. The molecule has 23 heavy (non-hydrogen) atoms. The Labute approximate surface area is 137 Å². The fraction of sp³-hybridized carbons (Fsp3) is 0.0625. The molecule has 0 heterocycles. The molecule has 0 saturated carbocycles. The second-order valence-corrected chi connectivity index (χ2v) is 5.01. The minimum atomic E-state index is -0.904. The quantitative estimate of drug-likeness (QED) is 0.453. The summed E-state index contributed by atoms with van der Waals surface area (Å²) in [6, 6.07) is 13.6. The Balaban J connectivity index is 1.85. The van der Waals surface area contributed by atoms with Gasteiger partial charge in [-0.25, -0.2) is 5.43 Å². The third kappa shape index (κ3) is 5.12. The van der Waals surface area contributed by atoms with Crippen molar-refractivity contribution in [2.45, 2.75) is 6.54 Å². The van der Waals surface area contributed by atoms with Crippen molar-refractivity contribution in [2.24, 2.45) is 5.10 Å². The monoisotopic (exact) mass is 331 g/mol. The topological polar surface area (TPSA) is 90.8 Å². The number of hydrogen-bond donors (Lipinski definition) is 3. The number of carbonyl (C=O) groups excluding carboxylic acids is 2. The number of rotatable bonds is 4. The first-order valence-electron chi connectivity index (χ1n) is 6.70. The summed E-state index contributed by atoms with van der Waals surface area (Å²) >= 11 is 5.78. The molecule has 0 spiro atoms. The average Bonchev–Trinajstić information content (AvgIpc) is 2.56. The molecule has 3 N–H and O–H groups in total. The first-order chi connectivity index (χ1) is 11.1. The molecule has 0 aliphatic rings. The molecule has 0 aliphatic carbocycles. The zero-order valence-corrected chi connectivity index (χ0v) is 12.7. The van der Waals surface area contributed by atoms with Gasteiger partial charge in [0.15, 0.2) is 0 Å². The van der Waals surface area contributed by atoms with Crippen LogP contribution in [0.1, 0.15) is 11.1 Å². The Hall–Kier alpha value is -2.86. The van der Waals surface area contributed by atoms with Gasteiger partial charge >= 0.3 is 11.8 Å². The summed E-state index contributed by atoms with van der Waals surface area (Å²) in [5.41, 5.74) is 3.28. The minimum Gasteiger partial charge on any atom is -0.507 e. The molecule has 0 fully saturated rings. The smallest absolute Gasteiger partial charge is 0.329 e. The predicted molar refractivity (Wildman–Crippen MR) is 87.1 cm³/mol. The molecule has 0 bridgehead atoms. The van der Waals surface area contributed by atoms with Gasteiger partial charge in [0.05, 0.1) is 6.21 Å². The molecule has 0 unspecified atom stereocenters. The fourth-order valence-corrected chi connectivity index (χ4v) is 1.88. The van der Waals surface area contributed by atoms with E-state index in [1.54, 1.807) is 0 Å². The zero-order valence-electron chi connectivity index (χ0n) is 12.0. The molecular weight excluding hydrogens is 318 g/mol. The standard InChI is InChI=1S/C16H14ClN3O3/c17-13-6-7-14(21)12(8-13)10-19-20-16(23)15(22)18-9-11-4-2-1-3-5-11/h1-8,10,21H,9H2,(H,18,22)(H,20,23)/b19-10-. The Kier molecular flexibility index (Phi) is 5.71. The molecule has 2 aromatic rings. The number of nitrogens with zero attached hydrogens (tertiary/aromatic N) is 1. The van der Waals surface area contributed by atoms with Crippen LogP contribution in [0.3, 0.4) is 0 Å². The van der Waals surface area contributed by atoms with E-state index in [0.29, 0.717) is 10.6 Å². The van der Waals surface area contributed by atoms with Crippen LogP contribution in [0.5, 0.6) is 5.75 Å². The number of carbonyl (C=O) groups is 2. The second kappa shape index (κ2) is 7.95. The number of nitrogens with one attached hydrogen (secondary N) is 2. The summed E-state index contributed by atoms with van der Waals surface area (Å²) < 4.78 is 0. The van der Waals surface area contributed by atoms with Crippen LogP contribution in [0.25, 0.3) is 0 Å². The van der Waals surface area contributed by atoms with E-state index in [4.69, 9.17) is 11.6 Å². The lowest BCUT2D eigenvalue weighted by Gasteiger charge is -2.04. The summed E-state index contributed by atoms with van der Waals surface area (Å²) in [6.45, 7) is 0.242. The van der Waals surface area contributed by atoms with Gasteiger partial charge in [0.2, 0.25) is 0 Å². The molecule has 2 amide bonds. The number of halogens is 1. The maximum atomic E-state index is 11.6. The first kappa shape index (κ1) is 16.5.